The molecule has 4 rings (SSSR count). The van der Waals surface area contributed by atoms with Gasteiger partial charge in [-0.15, -0.1) is 0 Å². The average Bonchev–Trinajstić information content (AvgIpc) is 3.34. The first-order valence-electron chi connectivity index (χ1n) is 12.2. The van der Waals surface area contributed by atoms with Crippen molar-refractivity contribution in [1.82, 2.24) is 16.0 Å². The number of anilines is 1. The summed E-state index contributed by atoms with van der Waals surface area (Å²) < 4.78 is 0. The molecule has 2 aromatic rings. The lowest BCUT2D eigenvalue weighted by atomic mass is 10.0. The number of amides is 2. The van der Waals surface area contributed by atoms with E-state index in [0.717, 1.165) is 44.7 Å². The molecular formula is C26H29Cl2N5O4. The molecule has 196 valence electrons. The molecule has 0 radical (unpaired) electrons. The molecule has 5 N–H and O–H groups in total. The van der Waals surface area contributed by atoms with Crippen LogP contribution in [0.25, 0.3) is 0 Å². The number of halogens is 2. The van der Waals surface area contributed by atoms with E-state index in [1.165, 1.54) is 12.1 Å². The predicted octanol–water partition coefficient (Wildman–Crippen LogP) is 3.47. The molecule has 0 saturated heterocycles. The summed E-state index contributed by atoms with van der Waals surface area (Å²) in [6.45, 7) is 1.73. The fraction of sp³-hybridized carbons (Fsp3) is 0.385. The van der Waals surface area contributed by atoms with Crippen LogP contribution in [0.5, 0.6) is 0 Å². The molecule has 1 fully saturated rings. The number of carboxylic acid groups (broad SMARTS) is 1. The molecular weight excluding hydrogens is 517 g/mol. The molecule has 0 spiro atoms. The maximum Gasteiger partial charge on any atom is 0.326 e. The van der Waals surface area contributed by atoms with Gasteiger partial charge < -0.3 is 26.4 Å². The number of carboxylic acids is 1. The van der Waals surface area contributed by atoms with Crippen molar-refractivity contribution < 1.29 is 19.5 Å². The summed E-state index contributed by atoms with van der Waals surface area (Å²) in [6, 6.07) is 10.6. The van der Waals surface area contributed by atoms with E-state index >= 15 is 0 Å². The van der Waals surface area contributed by atoms with Crippen LogP contribution in [-0.4, -0.2) is 54.0 Å². The highest BCUT2D eigenvalue weighted by Gasteiger charge is 2.31. The van der Waals surface area contributed by atoms with E-state index < -0.39 is 17.9 Å². The van der Waals surface area contributed by atoms with Crippen LogP contribution in [0.4, 0.5) is 5.69 Å². The fourth-order valence-electron chi connectivity index (χ4n) is 4.52. The molecule has 0 bridgehead atoms. The summed E-state index contributed by atoms with van der Waals surface area (Å²) in [5.74, 6) is -1.17. The maximum absolute atomic E-state index is 12.8. The number of rotatable bonds is 8. The van der Waals surface area contributed by atoms with E-state index in [0.29, 0.717) is 11.3 Å². The van der Waals surface area contributed by atoms with Crippen molar-refractivity contribution in [2.24, 2.45) is 10.9 Å². The number of carbonyl (C=O) groups excluding carboxylic acids is 2. The molecule has 37 heavy (non-hydrogen) atoms. The Morgan fingerprint density at radius 3 is 2.46 bits per heavy atom. The van der Waals surface area contributed by atoms with E-state index in [1.807, 2.05) is 0 Å². The number of aliphatic carboxylic acids is 1. The Bertz CT molecular complexity index is 1170. The van der Waals surface area contributed by atoms with E-state index in [1.54, 1.807) is 30.3 Å². The summed E-state index contributed by atoms with van der Waals surface area (Å²) in [5.41, 5.74) is 1.34. The Hall–Kier alpha value is -3.30. The zero-order valence-electron chi connectivity index (χ0n) is 20.1. The van der Waals surface area contributed by atoms with Crippen molar-refractivity contribution >= 4 is 52.6 Å². The smallest absolute Gasteiger partial charge is 0.326 e. The first-order chi connectivity index (χ1) is 17.8. The third kappa shape index (κ3) is 7.14. The fourth-order valence-corrected chi connectivity index (χ4v) is 5.09. The minimum Gasteiger partial charge on any atom is -0.480 e. The van der Waals surface area contributed by atoms with Crippen molar-refractivity contribution in [3.8, 4) is 0 Å². The van der Waals surface area contributed by atoms with Crippen LogP contribution in [0.1, 0.15) is 41.6 Å². The highest BCUT2D eigenvalue weighted by atomic mass is 35.5. The summed E-state index contributed by atoms with van der Waals surface area (Å²) in [4.78, 5) is 41.6. The maximum atomic E-state index is 12.8. The lowest BCUT2D eigenvalue weighted by Crippen LogP contribution is -2.45. The van der Waals surface area contributed by atoms with E-state index in [-0.39, 0.29) is 39.9 Å². The van der Waals surface area contributed by atoms with Gasteiger partial charge in [0.1, 0.15) is 6.04 Å². The minimum absolute atomic E-state index is 0.0301. The van der Waals surface area contributed by atoms with Gasteiger partial charge in [0.15, 0.2) is 5.96 Å². The molecule has 2 aliphatic rings. The van der Waals surface area contributed by atoms with Crippen LogP contribution in [0.3, 0.4) is 0 Å². The molecule has 1 aliphatic heterocycles. The molecule has 0 unspecified atom stereocenters. The summed E-state index contributed by atoms with van der Waals surface area (Å²) in [5, 5.41) is 22.0. The SMILES string of the molecule is O=C(N[C@@H](Cc1ccc(NC(=O)[C@H]2CC[C@@H](NC3=NCCCN3)C2)cc1)C(=O)O)c1c(Cl)cccc1Cl. The highest BCUT2D eigenvalue weighted by Crippen LogP contribution is 2.27. The number of guanidine groups is 1. The molecule has 1 saturated carbocycles. The molecule has 0 aromatic heterocycles. The van der Waals surface area contributed by atoms with Crippen molar-refractivity contribution in [2.45, 2.75) is 44.2 Å². The topological polar surface area (TPSA) is 132 Å². The zero-order chi connectivity index (χ0) is 26.4. The number of nitrogens with one attached hydrogen (secondary N) is 4. The Balaban J connectivity index is 1.30. The second kappa shape index (κ2) is 12.3. The van der Waals surface area contributed by atoms with E-state index in [2.05, 4.69) is 26.3 Å². The van der Waals surface area contributed by atoms with Gasteiger partial charge in [-0.1, -0.05) is 41.4 Å². The van der Waals surface area contributed by atoms with Gasteiger partial charge in [0.2, 0.25) is 5.91 Å². The van der Waals surface area contributed by atoms with Crippen LogP contribution < -0.4 is 21.3 Å². The Morgan fingerprint density at radius 2 is 1.81 bits per heavy atom. The quantitative estimate of drug-likeness (QED) is 0.345. The van der Waals surface area contributed by atoms with E-state index in [4.69, 9.17) is 23.2 Å². The van der Waals surface area contributed by atoms with Crippen molar-refractivity contribution in [1.29, 1.82) is 0 Å². The number of nitrogens with zero attached hydrogens (tertiary/aromatic N) is 1. The van der Waals surface area contributed by atoms with Gasteiger partial charge in [-0.25, -0.2) is 4.79 Å². The first kappa shape index (κ1) is 26.8. The number of carbonyl (C=O) groups is 3. The number of hydrogen-bond acceptors (Lipinski definition) is 6. The van der Waals surface area contributed by atoms with E-state index in [9.17, 15) is 19.5 Å². The molecule has 9 nitrogen and oxygen atoms in total. The Morgan fingerprint density at radius 1 is 1.08 bits per heavy atom. The standard InChI is InChI=1S/C26H29Cl2N5O4/c27-19-3-1-4-20(28)22(19)24(35)33-21(25(36)37)13-15-5-8-17(9-6-15)31-23(34)16-7-10-18(14-16)32-26-29-11-2-12-30-26/h1,3-6,8-9,16,18,21H,2,7,10-14H2,(H,31,34)(H,33,35)(H,36,37)(H2,29,30,32)/t16-,18+,21-/m0/s1. The minimum atomic E-state index is -1.19. The molecule has 3 atom stereocenters. The Kier molecular flexibility index (Phi) is 8.89. The lowest BCUT2D eigenvalue weighted by molar-refractivity contribution is -0.139. The second-order valence-corrected chi connectivity index (χ2v) is 10.0. The highest BCUT2D eigenvalue weighted by molar-refractivity contribution is 6.39. The van der Waals surface area contributed by atoms with Crippen LogP contribution in [-0.2, 0) is 16.0 Å². The summed E-state index contributed by atoms with van der Waals surface area (Å²) in [7, 11) is 0. The van der Waals surface area contributed by atoms with Gasteiger partial charge in [-0.3, -0.25) is 14.6 Å². The van der Waals surface area contributed by atoms with Gasteiger partial charge >= 0.3 is 5.97 Å². The normalized spacial score (nSPS) is 19.8. The number of hydrogen-bond donors (Lipinski definition) is 5. The molecule has 1 aliphatic carbocycles. The zero-order valence-corrected chi connectivity index (χ0v) is 21.6. The first-order valence-corrected chi connectivity index (χ1v) is 13.0. The van der Waals surface area contributed by atoms with Gasteiger partial charge in [0, 0.05) is 37.2 Å². The lowest BCUT2D eigenvalue weighted by Gasteiger charge is -2.20. The third-order valence-corrected chi connectivity index (χ3v) is 7.13. The monoisotopic (exact) mass is 545 g/mol. The van der Waals surface area contributed by atoms with Crippen molar-refractivity contribution in [3.63, 3.8) is 0 Å². The van der Waals surface area contributed by atoms with Crippen LogP contribution in [0, 0.1) is 5.92 Å². The average molecular weight is 546 g/mol. The number of benzene rings is 2. The van der Waals surface area contributed by atoms with Gasteiger partial charge in [-0.05, 0) is 55.5 Å². The summed E-state index contributed by atoms with van der Waals surface area (Å²) >= 11 is 12.1. The van der Waals surface area contributed by atoms with Gasteiger partial charge in [0.05, 0.1) is 15.6 Å². The van der Waals surface area contributed by atoms with Crippen LogP contribution in [0.15, 0.2) is 47.5 Å². The predicted molar refractivity (Wildman–Crippen MR) is 143 cm³/mol. The molecule has 2 amide bonds. The van der Waals surface area contributed by atoms with Crippen LogP contribution in [0.2, 0.25) is 10.0 Å². The third-order valence-electron chi connectivity index (χ3n) is 6.50. The number of aliphatic imine (C=N–C) groups is 1. The second-order valence-electron chi connectivity index (χ2n) is 9.21. The van der Waals surface area contributed by atoms with Crippen molar-refractivity contribution in [2.75, 3.05) is 18.4 Å². The molecule has 11 heteroatoms. The molecule has 2 aromatic carbocycles. The van der Waals surface area contributed by atoms with Crippen molar-refractivity contribution in [3.05, 3.63) is 63.6 Å². The molecule has 1 heterocycles. The van der Waals surface area contributed by atoms with Gasteiger partial charge in [-0.2, -0.15) is 0 Å². The Labute approximate surface area is 225 Å². The summed E-state index contributed by atoms with van der Waals surface area (Å²) in [6.07, 6.45) is 3.51. The van der Waals surface area contributed by atoms with Crippen LogP contribution >= 0.6 is 23.2 Å². The largest absolute Gasteiger partial charge is 0.480 e. The van der Waals surface area contributed by atoms with Gasteiger partial charge in [0.25, 0.3) is 5.91 Å².